The number of nitrogens with one attached hydrogen (secondary N) is 1. The molecule has 20 heavy (non-hydrogen) atoms. The van der Waals surface area contributed by atoms with E-state index in [0.717, 1.165) is 30.5 Å². The van der Waals surface area contributed by atoms with Gasteiger partial charge in [0.1, 0.15) is 5.82 Å². The minimum absolute atomic E-state index is 0.759. The summed E-state index contributed by atoms with van der Waals surface area (Å²) in [6.45, 7) is 6.72. The van der Waals surface area contributed by atoms with Crippen molar-refractivity contribution in [3.63, 3.8) is 0 Å². The lowest BCUT2D eigenvalue weighted by Gasteiger charge is -2.32. The molecule has 0 radical (unpaired) electrons. The number of fused-ring (bicyclic) bond motifs is 1. The van der Waals surface area contributed by atoms with Crippen molar-refractivity contribution in [2.24, 2.45) is 5.92 Å². The second kappa shape index (κ2) is 5.31. The van der Waals surface area contributed by atoms with Gasteiger partial charge in [-0.05, 0) is 31.7 Å². The van der Waals surface area contributed by atoms with Crippen molar-refractivity contribution in [2.75, 3.05) is 30.4 Å². The number of piperidine rings is 1. The molecule has 106 valence electrons. The maximum Gasteiger partial charge on any atom is 0.136 e. The van der Waals surface area contributed by atoms with Gasteiger partial charge in [0.25, 0.3) is 0 Å². The van der Waals surface area contributed by atoms with Gasteiger partial charge >= 0.3 is 0 Å². The predicted octanol–water partition coefficient (Wildman–Crippen LogP) is 3.82. The van der Waals surface area contributed by atoms with E-state index >= 15 is 0 Å². The lowest BCUT2D eigenvalue weighted by molar-refractivity contribution is 0.445. The maximum absolute atomic E-state index is 4.73. The molecule has 2 aromatic rings. The molecular weight excluding hydrogens is 246 g/mol. The monoisotopic (exact) mass is 269 g/mol. The second-order valence-corrected chi connectivity index (χ2v) is 5.99. The van der Waals surface area contributed by atoms with Gasteiger partial charge in [-0.25, -0.2) is 4.98 Å². The summed E-state index contributed by atoms with van der Waals surface area (Å²) < 4.78 is 0. The van der Waals surface area contributed by atoms with E-state index in [1.165, 1.54) is 29.2 Å². The zero-order valence-corrected chi connectivity index (χ0v) is 12.6. The Morgan fingerprint density at radius 1 is 1.30 bits per heavy atom. The molecule has 1 N–H and O–H groups in total. The van der Waals surface area contributed by atoms with Gasteiger partial charge in [0.15, 0.2) is 0 Å². The summed E-state index contributed by atoms with van der Waals surface area (Å²) >= 11 is 0. The molecule has 2 heterocycles. The van der Waals surface area contributed by atoms with Crippen molar-refractivity contribution in [1.29, 1.82) is 0 Å². The number of hydrogen-bond acceptors (Lipinski definition) is 3. The summed E-state index contributed by atoms with van der Waals surface area (Å²) in [4.78, 5) is 7.18. The molecule has 1 fully saturated rings. The molecule has 3 nitrogen and oxygen atoms in total. The molecule has 1 unspecified atom stereocenters. The summed E-state index contributed by atoms with van der Waals surface area (Å²) in [5.41, 5.74) is 2.40. The standard InChI is InChI=1S/C17H23N3/c1-12-6-7-14-15(9-12)16(18-3)10-19-17(14)20-8-4-5-13(2)11-20/h6-7,9-10,13,18H,4-5,8,11H2,1-3H3. The molecule has 0 spiro atoms. The summed E-state index contributed by atoms with van der Waals surface area (Å²) in [6, 6.07) is 6.65. The number of aromatic nitrogens is 1. The molecule has 0 bridgehead atoms. The zero-order valence-electron chi connectivity index (χ0n) is 12.6. The van der Waals surface area contributed by atoms with Crippen LogP contribution >= 0.6 is 0 Å². The van der Waals surface area contributed by atoms with Crippen LogP contribution in [0.3, 0.4) is 0 Å². The van der Waals surface area contributed by atoms with Crippen LogP contribution in [0, 0.1) is 12.8 Å². The minimum Gasteiger partial charge on any atom is -0.386 e. The molecule has 1 aliphatic rings. The van der Waals surface area contributed by atoms with Crippen molar-refractivity contribution in [1.82, 2.24) is 4.98 Å². The lowest BCUT2D eigenvalue weighted by Crippen LogP contribution is -2.34. The Bertz CT molecular complexity index is 621. The first-order valence-corrected chi connectivity index (χ1v) is 7.51. The summed E-state index contributed by atoms with van der Waals surface area (Å²) in [6.07, 6.45) is 4.57. The molecule has 1 aliphatic heterocycles. The number of aryl methyl sites for hydroxylation is 1. The highest BCUT2D eigenvalue weighted by Crippen LogP contribution is 2.32. The number of pyridine rings is 1. The SMILES string of the molecule is CNc1cnc(N2CCCC(C)C2)c2ccc(C)cc12. The first-order chi connectivity index (χ1) is 9.69. The molecule has 1 saturated heterocycles. The molecule has 1 aromatic carbocycles. The number of hydrogen-bond donors (Lipinski definition) is 1. The van der Waals surface area contributed by atoms with Gasteiger partial charge in [0, 0.05) is 30.9 Å². The first-order valence-electron chi connectivity index (χ1n) is 7.51. The third kappa shape index (κ3) is 2.33. The van der Waals surface area contributed by atoms with Crippen LogP contribution in [0.25, 0.3) is 10.8 Å². The fourth-order valence-electron chi connectivity index (χ4n) is 3.17. The average molecular weight is 269 g/mol. The van der Waals surface area contributed by atoms with Gasteiger partial charge in [0.05, 0.1) is 11.9 Å². The van der Waals surface area contributed by atoms with E-state index in [1.807, 2.05) is 13.2 Å². The fourth-order valence-corrected chi connectivity index (χ4v) is 3.17. The quantitative estimate of drug-likeness (QED) is 0.898. The van der Waals surface area contributed by atoms with Crippen LogP contribution in [0.15, 0.2) is 24.4 Å². The summed E-state index contributed by atoms with van der Waals surface area (Å²) in [5, 5.41) is 5.79. The van der Waals surface area contributed by atoms with Gasteiger partial charge in [-0.1, -0.05) is 24.6 Å². The van der Waals surface area contributed by atoms with Gasteiger partial charge in [-0.2, -0.15) is 0 Å². The van der Waals surface area contributed by atoms with Crippen molar-refractivity contribution in [3.8, 4) is 0 Å². The predicted molar refractivity (Wildman–Crippen MR) is 86.6 cm³/mol. The van der Waals surface area contributed by atoms with E-state index in [0.29, 0.717) is 0 Å². The van der Waals surface area contributed by atoms with E-state index in [2.05, 4.69) is 42.3 Å². The minimum atomic E-state index is 0.759. The Kier molecular flexibility index (Phi) is 3.51. The van der Waals surface area contributed by atoms with Crippen molar-refractivity contribution >= 4 is 22.3 Å². The smallest absolute Gasteiger partial charge is 0.136 e. The Hall–Kier alpha value is -1.77. The Morgan fingerprint density at radius 2 is 2.15 bits per heavy atom. The average Bonchev–Trinajstić information content (AvgIpc) is 2.46. The molecule has 0 amide bonds. The third-order valence-corrected chi connectivity index (χ3v) is 4.25. The van der Waals surface area contributed by atoms with E-state index in [4.69, 9.17) is 4.98 Å². The summed E-state index contributed by atoms with van der Waals surface area (Å²) in [7, 11) is 1.96. The van der Waals surface area contributed by atoms with Gasteiger partial charge in [0.2, 0.25) is 0 Å². The number of nitrogens with zero attached hydrogens (tertiary/aromatic N) is 2. The van der Waals surface area contributed by atoms with Crippen LogP contribution in [0.4, 0.5) is 11.5 Å². The first kappa shape index (κ1) is 13.2. The number of rotatable bonds is 2. The summed E-state index contributed by atoms with van der Waals surface area (Å²) in [5.74, 6) is 1.90. The van der Waals surface area contributed by atoms with Gasteiger partial charge in [-0.3, -0.25) is 0 Å². The van der Waals surface area contributed by atoms with Gasteiger partial charge in [-0.15, -0.1) is 0 Å². The van der Waals surface area contributed by atoms with E-state index in [9.17, 15) is 0 Å². The fraction of sp³-hybridized carbons (Fsp3) is 0.471. The highest BCUT2D eigenvalue weighted by Gasteiger charge is 2.20. The third-order valence-electron chi connectivity index (χ3n) is 4.25. The van der Waals surface area contributed by atoms with Crippen LogP contribution in [0.1, 0.15) is 25.3 Å². The highest BCUT2D eigenvalue weighted by atomic mass is 15.2. The molecule has 0 aliphatic carbocycles. The van der Waals surface area contributed by atoms with E-state index in [-0.39, 0.29) is 0 Å². The zero-order chi connectivity index (χ0) is 14.1. The van der Waals surface area contributed by atoms with Crippen LogP contribution in [-0.2, 0) is 0 Å². The largest absolute Gasteiger partial charge is 0.386 e. The van der Waals surface area contributed by atoms with Crippen LogP contribution < -0.4 is 10.2 Å². The molecule has 0 saturated carbocycles. The van der Waals surface area contributed by atoms with Crippen LogP contribution in [0.2, 0.25) is 0 Å². The van der Waals surface area contributed by atoms with Crippen LogP contribution in [-0.4, -0.2) is 25.1 Å². The molecule has 3 heteroatoms. The Labute approximate surface area is 121 Å². The van der Waals surface area contributed by atoms with Gasteiger partial charge < -0.3 is 10.2 Å². The molecule has 3 rings (SSSR count). The number of benzene rings is 1. The highest BCUT2D eigenvalue weighted by molar-refractivity contribution is 6.00. The Balaban J connectivity index is 2.11. The van der Waals surface area contributed by atoms with E-state index < -0.39 is 0 Å². The molecular formula is C17H23N3. The Morgan fingerprint density at radius 3 is 2.90 bits per heavy atom. The van der Waals surface area contributed by atoms with E-state index in [1.54, 1.807) is 0 Å². The number of anilines is 2. The second-order valence-electron chi connectivity index (χ2n) is 5.99. The van der Waals surface area contributed by atoms with Crippen molar-refractivity contribution < 1.29 is 0 Å². The van der Waals surface area contributed by atoms with Crippen molar-refractivity contribution in [3.05, 3.63) is 30.0 Å². The normalized spacial score (nSPS) is 19.4. The maximum atomic E-state index is 4.73. The molecule has 1 aromatic heterocycles. The lowest BCUT2D eigenvalue weighted by atomic mass is 9.99. The van der Waals surface area contributed by atoms with Crippen LogP contribution in [0.5, 0.6) is 0 Å². The van der Waals surface area contributed by atoms with Crippen molar-refractivity contribution in [2.45, 2.75) is 26.7 Å². The topological polar surface area (TPSA) is 28.2 Å². The molecule has 1 atom stereocenters.